The summed E-state index contributed by atoms with van der Waals surface area (Å²) in [5.41, 5.74) is 3.45. The molecule has 1 aliphatic heterocycles. The summed E-state index contributed by atoms with van der Waals surface area (Å²) in [6.07, 6.45) is 3.99. The number of carbonyl (C=O) groups is 2. The third-order valence-electron chi connectivity index (χ3n) is 4.22. The van der Waals surface area contributed by atoms with Crippen LogP contribution in [-0.4, -0.2) is 17.9 Å². The largest absolute Gasteiger partial charge is 0.349 e. The van der Waals surface area contributed by atoms with Crippen LogP contribution in [0.25, 0.3) is 6.08 Å². The van der Waals surface area contributed by atoms with Crippen molar-refractivity contribution in [2.24, 2.45) is 0 Å². The summed E-state index contributed by atoms with van der Waals surface area (Å²) in [5.74, 6) is -0.219. The van der Waals surface area contributed by atoms with Crippen molar-refractivity contribution in [3.8, 4) is 0 Å². The van der Waals surface area contributed by atoms with Crippen LogP contribution in [0.3, 0.4) is 0 Å². The van der Waals surface area contributed by atoms with E-state index in [2.05, 4.69) is 10.6 Å². The number of thioether (sulfide) groups is 1. The Morgan fingerprint density at radius 3 is 2.68 bits per heavy atom. The van der Waals surface area contributed by atoms with Crippen LogP contribution < -0.4 is 10.6 Å². The number of amides is 2. The second-order valence-corrected chi connectivity index (χ2v) is 7.52. The van der Waals surface area contributed by atoms with E-state index < -0.39 is 0 Å². The van der Waals surface area contributed by atoms with E-state index in [4.69, 9.17) is 0 Å². The molecule has 1 heterocycles. The van der Waals surface area contributed by atoms with E-state index in [9.17, 15) is 9.59 Å². The lowest BCUT2D eigenvalue weighted by Crippen LogP contribution is -2.26. The van der Waals surface area contributed by atoms with Gasteiger partial charge in [-0.2, -0.15) is 0 Å². The Morgan fingerprint density at radius 2 is 1.96 bits per heavy atom. The fourth-order valence-corrected chi connectivity index (χ4v) is 3.54. The molecule has 4 rings (SSSR count). The normalized spacial score (nSPS) is 17.8. The van der Waals surface area contributed by atoms with Gasteiger partial charge in [0.1, 0.15) is 0 Å². The molecule has 1 aliphatic carbocycles. The van der Waals surface area contributed by atoms with Gasteiger partial charge in [0.15, 0.2) is 0 Å². The Hall–Kier alpha value is -2.53. The maximum Gasteiger partial charge on any atom is 0.262 e. The van der Waals surface area contributed by atoms with E-state index in [1.165, 1.54) is 17.3 Å². The summed E-state index contributed by atoms with van der Waals surface area (Å²) in [5, 5.41) is 5.86. The van der Waals surface area contributed by atoms with Crippen molar-refractivity contribution >= 4 is 35.3 Å². The molecule has 2 aromatic rings. The van der Waals surface area contributed by atoms with Gasteiger partial charge in [0.25, 0.3) is 11.8 Å². The maximum absolute atomic E-state index is 12.4. The molecule has 1 fully saturated rings. The predicted molar refractivity (Wildman–Crippen MR) is 101 cm³/mol. The summed E-state index contributed by atoms with van der Waals surface area (Å²) >= 11 is 1.43. The Bertz CT molecular complexity index is 883. The zero-order chi connectivity index (χ0) is 17.4. The van der Waals surface area contributed by atoms with Crippen LogP contribution in [0.2, 0.25) is 0 Å². The lowest BCUT2D eigenvalue weighted by atomic mass is 10.1. The van der Waals surface area contributed by atoms with Crippen molar-refractivity contribution < 1.29 is 9.59 Å². The number of anilines is 1. The van der Waals surface area contributed by atoms with E-state index in [-0.39, 0.29) is 11.8 Å². The van der Waals surface area contributed by atoms with Crippen molar-refractivity contribution in [3.05, 3.63) is 64.1 Å². The monoisotopic (exact) mass is 350 g/mol. The Labute approximate surface area is 150 Å². The molecule has 0 spiro atoms. The van der Waals surface area contributed by atoms with Crippen molar-refractivity contribution in [1.29, 1.82) is 0 Å². The van der Waals surface area contributed by atoms with Gasteiger partial charge in [-0.1, -0.05) is 41.6 Å². The number of fused-ring (bicyclic) bond motifs is 1. The minimum absolute atomic E-state index is 0.0782. The van der Waals surface area contributed by atoms with Gasteiger partial charge in [0.05, 0.1) is 10.6 Å². The van der Waals surface area contributed by atoms with Crippen LogP contribution >= 0.6 is 11.8 Å². The molecule has 0 unspecified atom stereocenters. The summed E-state index contributed by atoms with van der Waals surface area (Å²) in [7, 11) is 0. The molecule has 2 N–H and O–H groups in total. The number of rotatable bonds is 3. The highest BCUT2D eigenvalue weighted by molar-refractivity contribution is 8.04. The van der Waals surface area contributed by atoms with Gasteiger partial charge in [-0.3, -0.25) is 9.59 Å². The molecule has 2 aliphatic rings. The summed E-state index contributed by atoms with van der Waals surface area (Å²) < 4.78 is 0. The second kappa shape index (κ2) is 6.41. The zero-order valence-corrected chi connectivity index (χ0v) is 14.7. The second-order valence-electron chi connectivity index (χ2n) is 6.43. The third-order valence-corrected chi connectivity index (χ3v) is 5.32. The predicted octanol–water partition coefficient (Wildman–Crippen LogP) is 3.97. The third kappa shape index (κ3) is 3.61. The van der Waals surface area contributed by atoms with E-state index in [1.54, 1.807) is 6.07 Å². The molecule has 4 nitrogen and oxygen atoms in total. The molecule has 1 saturated carbocycles. The lowest BCUT2D eigenvalue weighted by molar-refractivity contribution is -0.112. The lowest BCUT2D eigenvalue weighted by Gasteiger charge is -2.19. The minimum atomic E-state index is -0.141. The van der Waals surface area contributed by atoms with Crippen LogP contribution in [0, 0.1) is 6.92 Å². The molecule has 0 radical (unpaired) electrons. The van der Waals surface area contributed by atoms with E-state index >= 15 is 0 Å². The zero-order valence-electron chi connectivity index (χ0n) is 13.8. The van der Waals surface area contributed by atoms with Crippen LogP contribution in [0.15, 0.2) is 52.3 Å². The highest BCUT2D eigenvalue weighted by Crippen LogP contribution is 2.39. The number of nitrogens with one attached hydrogen (secondary N) is 2. The molecular weight excluding hydrogens is 332 g/mol. The summed E-state index contributed by atoms with van der Waals surface area (Å²) in [4.78, 5) is 26.1. The van der Waals surface area contributed by atoms with Gasteiger partial charge in [0, 0.05) is 16.5 Å². The molecule has 2 amide bonds. The van der Waals surface area contributed by atoms with Crippen LogP contribution in [0.1, 0.15) is 34.3 Å². The number of hydrogen-bond acceptors (Lipinski definition) is 3. The molecule has 0 aromatic heterocycles. The molecule has 0 atom stereocenters. The topological polar surface area (TPSA) is 58.2 Å². The van der Waals surface area contributed by atoms with Crippen LogP contribution in [0.5, 0.6) is 0 Å². The number of benzene rings is 2. The first-order chi connectivity index (χ1) is 12.1. The van der Waals surface area contributed by atoms with Crippen LogP contribution in [-0.2, 0) is 4.79 Å². The highest BCUT2D eigenvalue weighted by atomic mass is 32.2. The van der Waals surface area contributed by atoms with E-state index in [1.807, 2.05) is 49.4 Å². The van der Waals surface area contributed by atoms with Crippen molar-refractivity contribution in [1.82, 2.24) is 5.32 Å². The van der Waals surface area contributed by atoms with Gasteiger partial charge in [-0.15, -0.1) is 0 Å². The van der Waals surface area contributed by atoms with Crippen LogP contribution in [0.4, 0.5) is 5.69 Å². The Kier molecular flexibility index (Phi) is 4.09. The summed E-state index contributed by atoms with van der Waals surface area (Å²) in [6.45, 7) is 2.03. The Morgan fingerprint density at radius 1 is 1.20 bits per heavy atom. The average molecular weight is 350 g/mol. The van der Waals surface area contributed by atoms with Gasteiger partial charge in [-0.05, 0) is 49.6 Å². The first-order valence-electron chi connectivity index (χ1n) is 8.31. The Balaban J connectivity index is 1.57. The molecular formula is C20H18N2O2S. The molecule has 2 aromatic carbocycles. The molecule has 5 heteroatoms. The average Bonchev–Trinajstić information content (AvgIpc) is 3.41. The maximum atomic E-state index is 12.4. The van der Waals surface area contributed by atoms with Crippen molar-refractivity contribution in [2.75, 3.05) is 5.32 Å². The number of aryl methyl sites for hydroxylation is 1. The molecule has 0 bridgehead atoms. The fraction of sp³-hybridized carbons (Fsp3) is 0.200. The highest BCUT2D eigenvalue weighted by Gasteiger charge is 2.25. The van der Waals surface area contributed by atoms with Gasteiger partial charge < -0.3 is 10.6 Å². The first-order valence-corrected chi connectivity index (χ1v) is 9.12. The number of carbonyl (C=O) groups excluding carboxylic acids is 2. The van der Waals surface area contributed by atoms with E-state index in [0.29, 0.717) is 22.2 Å². The van der Waals surface area contributed by atoms with Crippen molar-refractivity contribution in [2.45, 2.75) is 30.7 Å². The van der Waals surface area contributed by atoms with Gasteiger partial charge in [-0.25, -0.2) is 0 Å². The minimum Gasteiger partial charge on any atom is -0.349 e. The standard InChI is InChI=1S/C20H18N2O2S/c1-12-2-4-13(5-3-12)10-18-20(24)22-16-11-14(6-9-17(16)25-18)19(23)21-15-7-8-15/h2-6,9-11,15H,7-8H2,1H3,(H,21,23)(H,22,24). The number of hydrogen-bond donors (Lipinski definition) is 2. The fourth-order valence-electron chi connectivity index (χ4n) is 2.61. The van der Waals surface area contributed by atoms with Gasteiger partial charge >= 0.3 is 0 Å². The first kappa shape index (κ1) is 16.0. The summed E-state index contributed by atoms with van der Waals surface area (Å²) in [6, 6.07) is 13.8. The molecule has 25 heavy (non-hydrogen) atoms. The quantitative estimate of drug-likeness (QED) is 0.824. The van der Waals surface area contributed by atoms with E-state index in [0.717, 1.165) is 23.3 Å². The van der Waals surface area contributed by atoms with Gasteiger partial charge in [0.2, 0.25) is 0 Å². The molecule has 126 valence electrons. The SMILES string of the molecule is Cc1ccc(C=C2Sc3ccc(C(=O)NC4CC4)cc3NC2=O)cc1. The molecule has 0 saturated heterocycles. The van der Waals surface area contributed by atoms with Crippen molar-refractivity contribution in [3.63, 3.8) is 0 Å². The smallest absolute Gasteiger partial charge is 0.262 e.